The van der Waals surface area contributed by atoms with Gasteiger partial charge in [-0.25, -0.2) is 9.97 Å². The lowest BCUT2D eigenvalue weighted by molar-refractivity contribution is -0.00537. The topological polar surface area (TPSA) is 43.2 Å². The number of rotatable bonds is 3. The van der Waals surface area contributed by atoms with E-state index in [0.717, 1.165) is 41.2 Å². The van der Waals surface area contributed by atoms with Gasteiger partial charge >= 0.3 is 0 Å². The van der Waals surface area contributed by atoms with Crippen molar-refractivity contribution in [3.8, 4) is 16.8 Å². The monoisotopic (exact) mass is 398 g/mol. The van der Waals surface area contributed by atoms with Crippen LogP contribution in [0.4, 0.5) is 5.82 Å². The van der Waals surface area contributed by atoms with E-state index in [4.69, 9.17) is 14.7 Å². The van der Waals surface area contributed by atoms with Gasteiger partial charge in [-0.2, -0.15) is 0 Å². The van der Waals surface area contributed by atoms with Crippen LogP contribution < -0.4 is 4.90 Å². The largest absolute Gasteiger partial charge is 0.372 e. The number of hydrogen-bond acceptors (Lipinski definition) is 4. The van der Waals surface area contributed by atoms with Gasteiger partial charge in [0.1, 0.15) is 12.1 Å². The van der Waals surface area contributed by atoms with Crippen LogP contribution in [0.5, 0.6) is 0 Å². The molecule has 0 N–H and O–H groups in total. The molecule has 1 aliphatic heterocycles. The van der Waals surface area contributed by atoms with Crippen molar-refractivity contribution in [2.24, 2.45) is 0 Å². The predicted octanol–water partition coefficient (Wildman–Crippen LogP) is 5.01. The summed E-state index contributed by atoms with van der Waals surface area (Å²) < 4.78 is 8.15. The Morgan fingerprint density at radius 2 is 1.70 bits per heavy atom. The molecule has 0 spiro atoms. The van der Waals surface area contributed by atoms with Crippen molar-refractivity contribution >= 4 is 16.9 Å². The number of morpholine rings is 1. The van der Waals surface area contributed by atoms with Crippen molar-refractivity contribution in [2.45, 2.75) is 33.0 Å². The van der Waals surface area contributed by atoms with Gasteiger partial charge in [-0.1, -0.05) is 42.5 Å². The first-order valence-electron chi connectivity index (χ1n) is 10.5. The van der Waals surface area contributed by atoms with Crippen molar-refractivity contribution in [1.82, 2.24) is 14.5 Å². The van der Waals surface area contributed by atoms with E-state index < -0.39 is 0 Å². The first-order chi connectivity index (χ1) is 14.6. The molecule has 2 aromatic heterocycles. The lowest BCUT2D eigenvalue weighted by Gasteiger charge is -2.36. The summed E-state index contributed by atoms with van der Waals surface area (Å²) in [6.07, 6.45) is 4.21. The van der Waals surface area contributed by atoms with Gasteiger partial charge in [0.2, 0.25) is 0 Å². The summed E-state index contributed by atoms with van der Waals surface area (Å²) >= 11 is 0. The van der Waals surface area contributed by atoms with Gasteiger partial charge in [0.25, 0.3) is 0 Å². The molecule has 30 heavy (non-hydrogen) atoms. The molecule has 1 fully saturated rings. The quantitative estimate of drug-likeness (QED) is 0.487. The molecule has 0 bridgehead atoms. The van der Waals surface area contributed by atoms with Crippen molar-refractivity contribution in [3.63, 3.8) is 0 Å². The van der Waals surface area contributed by atoms with E-state index >= 15 is 0 Å². The van der Waals surface area contributed by atoms with E-state index in [-0.39, 0.29) is 12.2 Å². The van der Waals surface area contributed by atoms with Gasteiger partial charge in [-0.05, 0) is 44.0 Å². The maximum Gasteiger partial charge on any atom is 0.150 e. The summed E-state index contributed by atoms with van der Waals surface area (Å²) in [5.74, 6) is 0.979. The summed E-state index contributed by atoms with van der Waals surface area (Å²) in [4.78, 5) is 11.8. The summed E-state index contributed by atoms with van der Waals surface area (Å²) in [5.41, 5.74) is 5.57. The Balaban J connectivity index is 1.76. The molecule has 0 unspecified atom stereocenters. The van der Waals surface area contributed by atoms with E-state index in [2.05, 4.69) is 85.0 Å². The van der Waals surface area contributed by atoms with Gasteiger partial charge in [0.15, 0.2) is 5.65 Å². The van der Waals surface area contributed by atoms with Gasteiger partial charge in [-0.15, -0.1) is 0 Å². The Hall–Kier alpha value is -3.18. The van der Waals surface area contributed by atoms with Crippen LogP contribution in [0.2, 0.25) is 0 Å². The fourth-order valence-corrected chi connectivity index (χ4v) is 4.45. The Bertz CT molecular complexity index is 1170. The number of anilines is 1. The van der Waals surface area contributed by atoms with Crippen molar-refractivity contribution < 1.29 is 4.74 Å². The molecule has 2 aromatic carbocycles. The molecule has 5 heteroatoms. The fourth-order valence-electron chi connectivity index (χ4n) is 4.45. The van der Waals surface area contributed by atoms with E-state index in [0.29, 0.717) is 0 Å². The second-order valence-corrected chi connectivity index (χ2v) is 8.18. The number of fused-ring (bicyclic) bond motifs is 1. The maximum atomic E-state index is 5.96. The Morgan fingerprint density at radius 1 is 0.933 bits per heavy atom. The third-order valence-corrected chi connectivity index (χ3v) is 5.65. The predicted molar refractivity (Wildman–Crippen MR) is 121 cm³/mol. The van der Waals surface area contributed by atoms with E-state index in [1.54, 1.807) is 6.33 Å². The van der Waals surface area contributed by atoms with Crippen molar-refractivity contribution in [1.29, 1.82) is 0 Å². The standard InChI is InChI=1S/C25H26N4O/c1-17-8-7-11-21(12-17)29-15-22(20-9-5-4-6-10-20)23-24(26-16-27-25(23)29)28-13-18(2)30-19(3)14-28/h4-12,15-16,18-19H,13-14H2,1-3H3/t18-,19-/m0/s1. The molecule has 3 heterocycles. The summed E-state index contributed by atoms with van der Waals surface area (Å²) in [6.45, 7) is 8.00. The van der Waals surface area contributed by atoms with Gasteiger partial charge in [0.05, 0.1) is 17.6 Å². The van der Waals surface area contributed by atoms with Gasteiger partial charge in [-0.3, -0.25) is 0 Å². The maximum absolute atomic E-state index is 5.96. The minimum Gasteiger partial charge on any atom is -0.372 e. The zero-order chi connectivity index (χ0) is 20.7. The van der Waals surface area contributed by atoms with E-state index in [1.165, 1.54) is 11.1 Å². The number of hydrogen-bond donors (Lipinski definition) is 0. The molecule has 2 atom stereocenters. The first kappa shape index (κ1) is 18.8. The molecule has 1 saturated heterocycles. The molecule has 0 saturated carbocycles. The zero-order valence-corrected chi connectivity index (χ0v) is 17.6. The van der Waals surface area contributed by atoms with Crippen LogP contribution in [0.15, 0.2) is 67.1 Å². The molecule has 152 valence electrons. The SMILES string of the molecule is Cc1cccc(-n2cc(-c3ccccc3)c3c(N4C[C@H](C)O[C@@H](C)C4)ncnc32)c1. The molecule has 0 aliphatic carbocycles. The molecule has 5 nitrogen and oxygen atoms in total. The highest BCUT2D eigenvalue weighted by Gasteiger charge is 2.27. The average molecular weight is 399 g/mol. The smallest absolute Gasteiger partial charge is 0.150 e. The number of aromatic nitrogens is 3. The lowest BCUT2D eigenvalue weighted by atomic mass is 10.1. The van der Waals surface area contributed by atoms with Crippen LogP contribution in [-0.4, -0.2) is 39.8 Å². The zero-order valence-electron chi connectivity index (χ0n) is 17.6. The molecular weight excluding hydrogens is 372 g/mol. The Labute approximate surface area is 177 Å². The molecule has 1 aliphatic rings. The normalized spacial score (nSPS) is 19.4. The van der Waals surface area contributed by atoms with Gasteiger partial charge < -0.3 is 14.2 Å². The summed E-state index contributed by atoms with van der Waals surface area (Å²) in [5, 5.41) is 1.09. The van der Waals surface area contributed by atoms with E-state index in [9.17, 15) is 0 Å². The average Bonchev–Trinajstić information content (AvgIpc) is 3.13. The Morgan fingerprint density at radius 3 is 2.43 bits per heavy atom. The van der Waals surface area contributed by atoms with Crippen LogP contribution in [0.1, 0.15) is 19.4 Å². The highest BCUT2D eigenvalue weighted by Crippen LogP contribution is 2.37. The number of benzene rings is 2. The van der Waals surface area contributed by atoms with Crippen LogP contribution in [0, 0.1) is 6.92 Å². The fraction of sp³-hybridized carbons (Fsp3) is 0.280. The molecule has 0 amide bonds. The van der Waals surface area contributed by atoms with Crippen LogP contribution >= 0.6 is 0 Å². The highest BCUT2D eigenvalue weighted by molar-refractivity contribution is 6.02. The van der Waals surface area contributed by atoms with Crippen molar-refractivity contribution in [3.05, 3.63) is 72.7 Å². The van der Waals surface area contributed by atoms with Gasteiger partial charge in [0, 0.05) is 30.5 Å². The second-order valence-electron chi connectivity index (χ2n) is 8.18. The Kier molecular flexibility index (Phi) is 4.75. The third-order valence-electron chi connectivity index (χ3n) is 5.65. The molecular formula is C25H26N4O. The number of nitrogens with zero attached hydrogens (tertiary/aromatic N) is 4. The minimum atomic E-state index is 0.165. The first-order valence-corrected chi connectivity index (χ1v) is 10.5. The minimum absolute atomic E-state index is 0.165. The van der Waals surface area contributed by atoms with Crippen LogP contribution in [0.25, 0.3) is 27.8 Å². The lowest BCUT2D eigenvalue weighted by Crippen LogP contribution is -2.46. The third kappa shape index (κ3) is 3.35. The number of aryl methyl sites for hydroxylation is 1. The van der Waals surface area contributed by atoms with E-state index in [1.807, 2.05) is 6.07 Å². The highest BCUT2D eigenvalue weighted by atomic mass is 16.5. The second kappa shape index (κ2) is 7.58. The number of ether oxygens (including phenoxy) is 1. The molecule has 0 radical (unpaired) electrons. The van der Waals surface area contributed by atoms with Crippen LogP contribution in [0.3, 0.4) is 0 Å². The molecule has 4 aromatic rings. The summed E-state index contributed by atoms with van der Waals surface area (Å²) in [7, 11) is 0. The molecule has 5 rings (SSSR count). The van der Waals surface area contributed by atoms with Crippen LogP contribution in [-0.2, 0) is 4.74 Å². The van der Waals surface area contributed by atoms with Crippen molar-refractivity contribution in [2.75, 3.05) is 18.0 Å². The summed E-state index contributed by atoms with van der Waals surface area (Å²) in [6, 6.07) is 19.0.